The average Bonchev–Trinajstić information content (AvgIpc) is 2.98. The second-order valence-electron chi connectivity index (χ2n) is 5.37. The van der Waals surface area contributed by atoms with E-state index in [1.165, 1.54) is 18.2 Å². The Morgan fingerprint density at radius 2 is 2.04 bits per heavy atom. The first-order chi connectivity index (χ1) is 11.8. The molecule has 1 N–H and O–H groups in total. The maximum atomic E-state index is 12.9. The molecule has 25 heavy (non-hydrogen) atoms. The van der Waals surface area contributed by atoms with E-state index in [4.69, 9.17) is 0 Å². The molecule has 1 aromatic heterocycles. The van der Waals surface area contributed by atoms with Gasteiger partial charge in [0.2, 0.25) is 11.1 Å². The number of hydrogen-bond donors (Lipinski definition) is 1. The molecule has 0 saturated heterocycles. The molecule has 1 aromatic carbocycles. The van der Waals surface area contributed by atoms with Gasteiger partial charge in [-0.05, 0) is 36.7 Å². The van der Waals surface area contributed by atoms with Crippen LogP contribution in [-0.2, 0) is 17.5 Å². The van der Waals surface area contributed by atoms with Gasteiger partial charge in [-0.3, -0.25) is 4.79 Å². The molecule has 0 aliphatic heterocycles. The highest BCUT2D eigenvalue weighted by Gasteiger charge is 2.33. The number of tetrazole rings is 1. The van der Waals surface area contributed by atoms with Gasteiger partial charge in [0, 0.05) is 6.54 Å². The fourth-order valence-corrected chi connectivity index (χ4v) is 2.59. The predicted octanol–water partition coefficient (Wildman–Crippen LogP) is 1.98. The zero-order chi connectivity index (χ0) is 18.4. The maximum absolute atomic E-state index is 12.9. The lowest BCUT2D eigenvalue weighted by atomic mass is 10.1. The number of likely N-dealkylation sites (N-methyl/N-ethyl adjacent to an activating group) is 1. The SMILES string of the molecule is CN(C)CCn1nnnc1SCC(=O)Nc1ccccc1C(F)(F)F. The summed E-state index contributed by atoms with van der Waals surface area (Å²) >= 11 is 1.06. The fourth-order valence-electron chi connectivity index (χ4n) is 1.89. The van der Waals surface area contributed by atoms with Gasteiger partial charge in [-0.1, -0.05) is 23.9 Å². The van der Waals surface area contributed by atoms with Crippen molar-refractivity contribution in [2.24, 2.45) is 0 Å². The quantitative estimate of drug-likeness (QED) is 0.747. The predicted molar refractivity (Wildman–Crippen MR) is 87.2 cm³/mol. The van der Waals surface area contributed by atoms with Crippen molar-refractivity contribution in [1.82, 2.24) is 25.1 Å². The number of carbonyl (C=O) groups excluding carboxylic acids is 1. The highest BCUT2D eigenvalue weighted by Crippen LogP contribution is 2.34. The lowest BCUT2D eigenvalue weighted by Gasteiger charge is -2.13. The Kier molecular flexibility index (Phi) is 6.37. The molecule has 2 rings (SSSR count). The second-order valence-corrected chi connectivity index (χ2v) is 6.31. The number of nitrogens with zero attached hydrogens (tertiary/aromatic N) is 5. The van der Waals surface area contributed by atoms with Crippen LogP contribution in [0.3, 0.4) is 0 Å². The molecule has 11 heteroatoms. The van der Waals surface area contributed by atoms with Gasteiger partial charge in [0.05, 0.1) is 23.5 Å². The van der Waals surface area contributed by atoms with Crippen LogP contribution in [0.2, 0.25) is 0 Å². The number of aromatic nitrogens is 4. The second kappa shape index (κ2) is 8.30. The third-order valence-electron chi connectivity index (χ3n) is 3.10. The minimum atomic E-state index is -4.53. The Bertz CT molecular complexity index is 719. The smallest absolute Gasteiger partial charge is 0.325 e. The van der Waals surface area contributed by atoms with E-state index in [2.05, 4.69) is 20.8 Å². The third-order valence-corrected chi connectivity index (χ3v) is 4.05. The molecular weight excluding hydrogens is 357 g/mol. The van der Waals surface area contributed by atoms with Crippen molar-refractivity contribution in [3.8, 4) is 0 Å². The molecule has 0 atom stereocenters. The zero-order valence-electron chi connectivity index (χ0n) is 13.6. The molecule has 1 amide bonds. The van der Waals surface area contributed by atoms with Gasteiger partial charge in [0.1, 0.15) is 0 Å². The number of nitrogens with one attached hydrogen (secondary N) is 1. The van der Waals surface area contributed by atoms with Crippen LogP contribution in [-0.4, -0.2) is 57.4 Å². The number of anilines is 1. The van der Waals surface area contributed by atoms with Crippen molar-refractivity contribution < 1.29 is 18.0 Å². The number of rotatable bonds is 7. The minimum absolute atomic E-state index is 0.103. The van der Waals surface area contributed by atoms with Crippen LogP contribution in [0.25, 0.3) is 0 Å². The number of alkyl halides is 3. The molecule has 1 heterocycles. The summed E-state index contributed by atoms with van der Waals surface area (Å²) in [5, 5.41) is 13.9. The normalized spacial score (nSPS) is 11.8. The Labute approximate surface area is 146 Å². The molecule has 0 unspecified atom stereocenters. The monoisotopic (exact) mass is 374 g/mol. The van der Waals surface area contributed by atoms with Crippen LogP contribution >= 0.6 is 11.8 Å². The summed E-state index contributed by atoms with van der Waals surface area (Å²) < 4.78 is 40.3. The summed E-state index contributed by atoms with van der Waals surface area (Å²) in [7, 11) is 3.81. The van der Waals surface area contributed by atoms with Crippen LogP contribution in [0.5, 0.6) is 0 Å². The number of halogens is 3. The van der Waals surface area contributed by atoms with Crippen LogP contribution in [0.15, 0.2) is 29.4 Å². The van der Waals surface area contributed by atoms with E-state index >= 15 is 0 Å². The molecule has 2 aromatic rings. The minimum Gasteiger partial charge on any atom is -0.325 e. The van der Waals surface area contributed by atoms with Crippen molar-refractivity contribution in [2.45, 2.75) is 17.9 Å². The van der Waals surface area contributed by atoms with E-state index in [9.17, 15) is 18.0 Å². The molecule has 0 aliphatic carbocycles. The van der Waals surface area contributed by atoms with Gasteiger partial charge in [-0.2, -0.15) is 13.2 Å². The number of para-hydroxylation sites is 1. The summed E-state index contributed by atoms with van der Waals surface area (Å²) in [5.74, 6) is -0.669. The van der Waals surface area contributed by atoms with Crippen LogP contribution in [0, 0.1) is 0 Å². The van der Waals surface area contributed by atoms with Gasteiger partial charge in [-0.15, -0.1) is 5.10 Å². The number of benzene rings is 1. The average molecular weight is 374 g/mol. The van der Waals surface area contributed by atoms with Crippen LogP contribution in [0.4, 0.5) is 18.9 Å². The van der Waals surface area contributed by atoms with E-state index in [0.717, 1.165) is 17.8 Å². The standard InChI is InChI=1S/C14H17F3N6OS/c1-22(2)7-8-23-13(19-20-21-23)25-9-12(24)18-11-6-4-3-5-10(11)14(15,16)17/h3-6H,7-9H2,1-2H3,(H,18,24). The van der Waals surface area contributed by atoms with Gasteiger partial charge in [0.15, 0.2) is 0 Å². The van der Waals surface area contributed by atoms with E-state index in [1.54, 1.807) is 4.68 Å². The zero-order valence-corrected chi connectivity index (χ0v) is 14.4. The van der Waals surface area contributed by atoms with Crippen LogP contribution < -0.4 is 5.32 Å². The molecule has 0 aliphatic rings. The molecule has 136 valence electrons. The van der Waals surface area contributed by atoms with Crippen molar-refractivity contribution >= 4 is 23.4 Å². The fraction of sp³-hybridized carbons (Fsp3) is 0.429. The number of carbonyl (C=O) groups is 1. The van der Waals surface area contributed by atoms with Gasteiger partial charge in [-0.25, -0.2) is 4.68 Å². The molecule has 0 bridgehead atoms. The van der Waals surface area contributed by atoms with Gasteiger partial charge < -0.3 is 10.2 Å². The van der Waals surface area contributed by atoms with E-state index in [-0.39, 0.29) is 11.4 Å². The first-order valence-corrected chi connectivity index (χ1v) is 8.25. The Morgan fingerprint density at radius 3 is 2.72 bits per heavy atom. The Balaban J connectivity index is 1.96. The van der Waals surface area contributed by atoms with E-state index in [0.29, 0.717) is 18.2 Å². The summed E-state index contributed by atoms with van der Waals surface area (Å²) in [6, 6.07) is 4.84. The Morgan fingerprint density at radius 1 is 1.32 bits per heavy atom. The van der Waals surface area contributed by atoms with Crippen molar-refractivity contribution in [3.63, 3.8) is 0 Å². The van der Waals surface area contributed by atoms with Gasteiger partial charge in [0.25, 0.3) is 0 Å². The number of amides is 1. The first kappa shape index (κ1) is 19.2. The molecule has 0 spiro atoms. The summed E-state index contributed by atoms with van der Waals surface area (Å²) in [6.07, 6.45) is -4.53. The molecule has 7 nitrogen and oxygen atoms in total. The van der Waals surface area contributed by atoms with E-state index < -0.39 is 17.6 Å². The molecule has 0 radical (unpaired) electrons. The summed E-state index contributed by atoms with van der Waals surface area (Å²) in [4.78, 5) is 13.9. The third kappa shape index (κ3) is 5.71. The largest absolute Gasteiger partial charge is 0.418 e. The lowest BCUT2D eigenvalue weighted by Crippen LogP contribution is -2.20. The van der Waals surface area contributed by atoms with Gasteiger partial charge >= 0.3 is 6.18 Å². The summed E-state index contributed by atoms with van der Waals surface area (Å²) in [5.41, 5.74) is -1.16. The van der Waals surface area contributed by atoms with Crippen molar-refractivity contribution in [1.29, 1.82) is 0 Å². The van der Waals surface area contributed by atoms with Crippen molar-refractivity contribution in [3.05, 3.63) is 29.8 Å². The number of thioether (sulfide) groups is 1. The number of hydrogen-bond acceptors (Lipinski definition) is 6. The molecule has 0 saturated carbocycles. The van der Waals surface area contributed by atoms with E-state index in [1.807, 2.05) is 19.0 Å². The van der Waals surface area contributed by atoms with Crippen molar-refractivity contribution in [2.75, 3.05) is 31.7 Å². The highest BCUT2D eigenvalue weighted by atomic mass is 32.2. The summed E-state index contributed by atoms with van der Waals surface area (Å²) in [6.45, 7) is 1.25. The van der Waals surface area contributed by atoms with Crippen LogP contribution in [0.1, 0.15) is 5.56 Å². The molecule has 0 fully saturated rings. The highest BCUT2D eigenvalue weighted by molar-refractivity contribution is 7.99. The Hall–Kier alpha value is -2.14. The lowest BCUT2D eigenvalue weighted by molar-refractivity contribution is -0.137. The first-order valence-electron chi connectivity index (χ1n) is 7.27. The maximum Gasteiger partial charge on any atom is 0.418 e. The molecular formula is C14H17F3N6OS. The topological polar surface area (TPSA) is 75.9 Å².